The quantitative estimate of drug-likeness (QED) is 0.768. The molecule has 2 amide bonds. The molecule has 2 aliphatic rings. The van der Waals surface area contributed by atoms with Crippen LogP contribution >= 0.6 is 0 Å². The second-order valence-electron chi connectivity index (χ2n) is 9.18. The zero-order valence-electron chi connectivity index (χ0n) is 19.0. The highest BCUT2D eigenvalue weighted by Crippen LogP contribution is 2.43. The number of amides is 2. The molecule has 1 saturated carbocycles. The Kier molecular flexibility index (Phi) is 6.60. The average molecular weight is 438 g/mol. The third-order valence-corrected chi connectivity index (χ3v) is 7.02. The predicted molar refractivity (Wildman–Crippen MR) is 124 cm³/mol. The van der Waals surface area contributed by atoms with Crippen LogP contribution in [0.15, 0.2) is 42.5 Å². The second-order valence-corrected chi connectivity index (χ2v) is 9.18. The van der Waals surface area contributed by atoms with E-state index in [1.54, 1.807) is 6.07 Å². The molecule has 0 radical (unpaired) electrons. The fourth-order valence-corrected chi connectivity index (χ4v) is 5.20. The number of rotatable bonds is 5. The maximum Gasteiger partial charge on any atom is 0.238 e. The van der Waals surface area contributed by atoms with Gasteiger partial charge < -0.3 is 10.2 Å². The van der Waals surface area contributed by atoms with Crippen LogP contribution in [0.1, 0.15) is 42.4 Å². The minimum absolute atomic E-state index is 0.0331. The zero-order valence-corrected chi connectivity index (χ0v) is 19.0. The highest BCUT2D eigenvalue weighted by Gasteiger charge is 2.45. The summed E-state index contributed by atoms with van der Waals surface area (Å²) in [6.07, 6.45) is 3.52. The van der Waals surface area contributed by atoms with Crippen LogP contribution in [0.25, 0.3) is 0 Å². The van der Waals surface area contributed by atoms with Crippen molar-refractivity contribution in [1.82, 2.24) is 9.80 Å². The van der Waals surface area contributed by atoms with E-state index in [2.05, 4.69) is 10.2 Å². The third kappa shape index (κ3) is 4.56. The van der Waals surface area contributed by atoms with E-state index in [4.69, 9.17) is 0 Å². The first-order chi connectivity index (χ1) is 15.4. The summed E-state index contributed by atoms with van der Waals surface area (Å²) in [4.78, 5) is 30.2. The van der Waals surface area contributed by atoms with Gasteiger partial charge in [0.2, 0.25) is 11.8 Å². The van der Waals surface area contributed by atoms with Crippen LogP contribution in [-0.4, -0.2) is 54.3 Å². The summed E-state index contributed by atoms with van der Waals surface area (Å²) in [5.41, 5.74) is 3.17. The molecule has 0 spiro atoms. The van der Waals surface area contributed by atoms with Gasteiger partial charge in [0.15, 0.2) is 0 Å². The molecule has 2 aromatic carbocycles. The standard InChI is InChI=1S/C26H32FN3O2/c1-19-7-5-8-20(2)24(19)28-23(31)18-29-13-15-30(16-14-29)25(32)26(11-3-4-12-26)21-9-6-10-22(27)17-21/h5-10,17H,3-4,11-16,18H2,1-2H3,(H,28,31). The Morgan fingerprint density at radius 2 is 1.59 bits per heavy atom. The van der Waals surface area contributed by atoms with Crippen molar-refractivity contribution in [2.24, 2.45) is 0 Å². The Bertz CT molecular complexity index is 972. The molecule has 0 unspecified atom stereocenters. The summed E-state index contributed by atoms with van der Waals surface area (Å²) in [7, 11) is 0. The van der Waals surface area contributed by atoms with E-state index in [1.807, 2.05) is 43.0 Å². The van der Waals surface area contributed by atoms with E-state index in [1.165, 1.54) is 12.1 Å². The molecule has 6 heteroatoms. The molecule has 32 heavy (non-hydrogen) atoms. The van der Waals surface area contributed by atoms with Gasteiger partial charge in [-0.05, 0) is 55.5 Å². The number of anilines is 1. The van der Waals surface area contributed by atoms with Crippen LogP contribution in [0.3, 0.4) is 0 Å². The monoisotopic (exact) mass is 437 g/mol. The third-order valence-electron chi connectivity index (χ3n) is 7.02. The van der Waals surface area contributed by atoms with Crippen molar-refractivity contribution in [2.45, 2.75) is 44.9 Å². The minimum atomic E-state index is -0.607. The summed E-state index contributed by atoms with van der Waals surface area (Å²) < 4.78 is 13.9. The number of aryl methyl sites for hydroxylation is 2. The SMILES string of the molecule is Cc1cccc(C)c1NC(=O)CN1CCN(C(=O)C2(c3cccc(F)c3)CCCC2)CC1. The van der Waals surface area contributed by atoms with E-state index < -0.39 is 5.41 Å². The van der Waals surface area contributed by atoms with Crippen LogP contribution in [0.2, 0.25) is 0 Å². The number of para-hydroxylation sites is 1. The van der Waals surface area contributed by atoms with Crippen LogP contribution in [-0.2, 0) is 15.0 Å². The Labute approximate surface area is 189 Å². The normalized spacial score (nSPS) is 18.5. The van der Waals surface area contributed by atoms with Crippen LogP contribution in [0, 0.1) is 19.7 Å². The van der Waals surface area contributed by atoms with Gasteiger partial charge in [0.1, 0.15) is 5.82 Å². The van der Waals surface area contributed by atoms with Crippen molar-refractivity contribution >= 4 is 17.5 Å². The van der Waals surface area contributed by atoms with Gasteiger partial charge in [-0.15, -0.1) is 0 Å². The molecule has 2 fully saturated rings. The molecule has 170 valence electrons. The first-order valence-electron chi connectivity index (χ1n) is 11.5. The molecule has 1 aliphatic carbocycles. The molecule has 1 aliphatic heterocycles. The Balaban J connectivity index is 1.37. The molecule has 0 bridgehead atoms. The summed E-state index contributed by atoms with van der Waals surface area (Å²) in [5, 5.41) is 3.04. The summed E-state index contributed by atoms with van der Waals surface area (Å²) in [5.74, 6) is -0.212. The molecule has 0 atom stereocenters. The zero-order chi connectivity index (χ0) is 22.7. The average Bonchev–Trinajstić information content (AvgIpc) is 3.28. The van der Waals surface area contributed by atoms with Crippen molar-refractivity contribution in [3.63, 3.8) is 0 Å². The fraction of sp³-hybridized carbons (Fsp3) is 0.462. The number of hydrogen-bond donors (Lipinski definition) is 1. The number of carbonyl (C=O) groups is 2. The van der Waals surface area contributed by atoms with E-state index in [9.17, 15) is 14.0 Å². The van der Waals surface area contributed by atoms with E-state index in [0.29, 0.717) is 32.7 Å². The highest BCUT2D eigenvalue weighted by atomic mass is 19.1. The molecule has 0 aromatic heterocycles. The minimum Gasteiger partial charge on any atom is -0.339 e. The second kappa shape index (κ2) is 9.41. The lowest BCUT2D eigenvalue weighted by Crippen LogP contribution is -2.55. The van der Waals surface area contributed by atoms with Gasteiger partial charge in [0.25, 0.3) is 0 Å². The van der Waals surface area contributed by atoms with Crippen LogP contribution in [0.4, 0.5) is 10.1 Å². The first-order valence-corrected chi connectivity index (χ1v) is 11.5. The van der Waals surface area contributed by atoms with E-state index in [-0.39, 0.29) is 17.6 Å². The van der Waals surface area contributed by atoms with Gasteiger partial charge >= 0.3 is 0 Å². The number of piperazine rings is 1. The summed E-state index contributed by atoms with van der Waals surface area (Å²) in [6.45, 7) is 6.79. The number of hydrogen-bond acceptors (Lipinski definition) is 3. The molecule has 1 N–H and O–H groups in total. The number of nitrogens with one attached hydrogen (secondary N) is 1. The van der Waals surface area contributed by atoms with Crippen LogP contribution < -0.4 is 5.32 Å². The number of benzene rings is 2. The first kappa shape index (κ1) is 22.5. The van der Waals surface area contributed by atoms with Crippen LogP contribution in [0.5, 0.6) is 0 Å². The molecule has 1 heterocycles. The molecule has 2 aromatic rings. The number of nitrogens with zero attached hydrogens (tertiary/aromatic N) is 2. The van der Waals surface area contributed by atoms with Crippen molar-refractivity contribution < 1.29 is 14.0 Å². The Morgan fingerprint density at radius 3 is 2.22 bits per heavy atom. The summed E-state index contributed by atoms with van der Waals surface area (Å²) >= 11 is 0. The highest BCUT2D eigenvalue weighted by molar-refractivity contribution is 5.94. The van der Waals surface area contributed by atoms with Gasteiger partial charge in [-0.2, -0.15) is 0 Å². The molecule has 1 saturated heterocycles. The number of carbonyl (C=O) groups excluding carboxylic acids is 2. The predicted octanol–water partition coefficient (Wildman–Crippen LogP) is 4.04. The van der Waals surface area contributed by atoms with Crippen molar-refractivity contribution in [1.29, 1.82) is 0 Å². The Morgan fingerprint density at radius 1 is 0.969 bits per heavy atom. The van der Waals surface area contributed by atoms with Crippen molar-refractivity contribution in [2.75, 3.05) is 38.0 Å². The fourth-order valence-electron chi connectivity index (χ4n) is 5.20. The largest absolute Gasteiger partial charge is 0.339 e. The topological polar surface area (TPSA) is 52.7 Å². The molecular weight excluding hydrogens is 405 g/mol. The lowest BCUT2D eigenvalue weighted by atomic mass is 9.77. The lowest BCUT2D eigenvalue weighted by molar-refractivity contribution is -0.139. The van der Waals surface area contributed by atoms with Crippen molar-refractivity contribution in [3.8, 4) is 0 Å². The van der Waals surface area contributed by atoms with Crippen molar-refractivity contribution in [3.05, 3.63) is 65.0 Å². The molecule has 4 rings (SSSR count). The smallest absolute Gasteiger partial charge is 0.238 e. The maximum atomic E-state index is 13.9. The number of halogens is 1. The van der Waals surface area contributed by atoms with E-state index in [0.717, 1.165) is 48.1 Å². The van der Waals surface area contributed by atoms with Gasteiger partial charge in [0, 0.05) is 31.9 Å². The van der Waals surface area contributed by atoms with Gasteiger partial charge in [-0.25, -0.2) is 4.39 Å². The van der Waals surface area contributed by atoms with Gasteiger partial charge in [-0.3, -0.25) is 14.5 Å². The summed E-state index contributed by atoms with van der Waals surface area (Å²) in [6, 6.07) is 12.5. The lowest BCUT2D eigenvalue weighted by Gasteiger charge is -2.40. The van der Waals surface area contributed by atoms with Gasteiger partial charge in [-0.1, -0.05) is 43.2 Å². The Hall–Kier alpha value is -2.73. The van der Waals surface area contributed by atoms with E-state index >= 15 is 0 Å². The molecule has 5 nitrogen and oxygen atoms in total. The molecular formula is C26H32FN3O2. The van der Waals surface area contributed by atoms with Gasteiger partial charge in [0.05, 0.1) is 12.0 Å². The maximum absolute atomic E-state index is 13.9.